The molecule has 1 aliphatic carbocycles. The lowest BCUT2D eigenvalue weighted by Crippen LogP contribution is -2.30. The monoisotopic (exact) mass is 285 g/mol. The van der Waals surface area contributed by atoms with E-state index in [4.69, 9.17) is 0 Å². The van der Waals surface area contributed by atoms with Gasteiger partial charge in [0.15, 0.2) is 0 Å². The molecule has 3 fully saturated rings. The van der Waals surface area contributed by atoms with Gasteiger partial charge in [-0.1, -0.05) is 37.1 Å². The zero-order valence-corrected chi connectivity index (χ0v) is 12.4. The first kappa shape index (κ1) is 13.5. The van der Waals surface area contributed by atoms with Gasteiger partial charge in [-0.3, -0.25) is 9.69 Å². The summed E-state index contributed by atoms with van der Waals surface area (Å²) in [5, 5.41) is 10.3. The van der Waals surface area contributed by atoms with E-state index in [-0.39, 0.29) is 0 Å². The van der Waals surface area contributed by atoms with Gasteiger partial charge in [-0.25, -0.2) is 0 Å². The van der Waals surface area contributed by atoms with Crippen LogP contribution in [0.15, 0.2) is 24.3 Å². The Labute approximate surface area is 126 Å². The molecule has 1 aromatic rings. The minimum Gasteiger partial charge on any atom is -0.374 e. The van der Waals surface area contributed by atoms with Crippen LogP contribution in [0.2, 0.25) is 0 Å². The lowest BCUT2D eigenvalue weighted by atomic mass is 9.78. The highest BCUT2D eigenvalue weighted by molar-refractivity contribution is 5.74. The number of aldehydes is 1. The van der Waals surface area contributed by atoms with Gasteiger partial charge in [0.2, 0.25) is 0 Å². The van der Waals surface area contributed by atoms with Gasteiger partial charge in [-0.05, 0) is 37.2 Å². The normalized spacial score (nSPS) is 36.4. The molecule has 1 N–H and O–H groups in total. The second kappa shape index (κ2) is 4.92. The van der Waals surface area contributed by atoms with Crippen molar-refractivity contribution in [3.8, 4) is 0 Å². The molecular formula is C18H23NO2. The van der Waals surface area contributed by atoms with E-state index in [0.29, 0.717) is 12.0 Å². The molecule has 0 bridgehead atoms. The predicted molar refractivity (Wildman–Crippen MR) is 81.2 cm³/mol. The summed E-state index contributed by atoms with van der Waals surface area (Å²) in [5.41, 5.74) is 1.62. The Balaban J connectivity index is 1.64. The van der Waals surface area contributed by atoms with Crippen molar-refractivity contribution in [1.82, 2.24) is 4.90 Å². The second-order valence-electron chi connectivity index (χ2n) is 7.07. The summed E-state index contributed by atoms with van der Waals surface area (Å²) in [6.07, 6.45) is 8.23. The van der Waals surface area contributed by atoms with Crippen LogP contribution in [0.25, 0.3) is 0 Å². The van der Waals surface area contributed by atoms with E-state index < -0.39 is 5.72 Å². The number of hydrogen-bond acceptors (Lipinski definition) is 3. The molecule has 1 saturated carbocycles. The van der Waals surface area contributed by atoms with Crippen molar-refractivity contribution in [2.75, 3.05) is 6.54 Å². The molecule has 1 aromatic carbocycles. The molecule has 112 valence electrons. The number of rotatable bonds is 4. The maximum atomic E-state index is 10.9. The quantitative estimate of drug-likeness (QED) is 0.683. The van der Waals surface area contributed by atoms with Gasteiger partial charge in [0, 0.05) is 24.1 Å². The predicted octanol–water partition coefficient (Wildman–Crippen LogP) is 2.94. The SMILES string of the molecule is O=Cc1ccc([C@@H](C2CCCC2)[C@H]2CC[C@@]3(O)CN23)cc1. The fourth-order valence-corrected chi connectivity index (χ4v) is 4.72. The highest BCUT2D eigenvalue weighted by atomic mass is 16.3. The summed E-state index contributed by atoms with van der Waals surface area (Å²) in [6.45, 7) is 0.854. The third-order valence-electron chi connectivity index (χ3n) is 5.88. The number of piperidine rings is 1. The summed E-state index contributed by atoms with van der Waals surface area (Å²) >= 11 is 0. The number of hydrogen-bond donors (Lipinski definition) is 1. The molecule has 3 aliphatic rings. The lowest BCUT2D eigenvalue weighted by molar-refractivity contribution is 0.0998. The molecule has 2 aliphatic heterocycles. The van der Waals surface area contributed by atoms with Gasteiger partial charge >= 0.3 is 0 Å². The zero-order chi connectivity index (χ0) is 14.4. The minimum atomic E-state index is -0.482. The molecule has 0 spiro atoms. The summed E-state index contributed by atoms with van der Waals surface area (Å²) in [7, 11) is 0. The van der Waals surface area contributed by atoms with Crippen LogP contribution >= 0.6 is 0 Å². The molecule has 4 atom stereocenters. The van der Waals surface area contributed by atoms with Crippen LogP contribution in [0.4, 0.5) is 0 Å². The number of fused-ring (bicyclic) bond motifs is 1. The molecule has 0 amide bonds. The zero-order valence-electron chi connectivity index (χ0n) is 12.4. The van der Waals surface area contributed by atoms with Crippen molar-refractivity contribution in [2.24, 2.45) is 5.92 Å². The molecule has 3 nitrogen and oxygen atoms in total. The van der Waals surface area contributed by atoms with Crippen LogP contribution < -0.4 is 0 Å². The highest BCUT2D eigenvalue weighted by Gasteiger charge is 2.60. The molecule has 0 radical (unpaired) electrons. The van der Waals surface area contributed by atoms with Crippen molar-refractivity contribution in [3.63, 3.8) is 0 Å². The number of carbonyl (C=O) groups excluding carboxylic acids is 1. The lowest BCUT2D eigenvalue weighted by Gasteiger charge is -2.31. The summed E-state index contributed by atoms with van der Waals surface area (Å²) < 4.78 is 0. The molecule has 1 unspecified atom stereocenters. The molecule has 3 heteroatoms. The number of nitrogens with zero attached hydrogens (tertiary/aromatic N) is 1. The fraction of sp³-hybridized carbons (Fsp3) is 0.611. The van der Waals surface area contributed by atoms with Gasteiger partial charge in [0.25, 0.3) is 0 Å². The van der Waals surface area contributed by atoms with E-state index >= 15 is 0 Å². The summed E-state index contributed by atoms with van der Waals surface area (Å²) in [6, 6.07) is 8.63. The Morgan fingerprint density at radius 3 is 2.43 bits per heavy atom. The van der Waals surface area contributed by atoms with Crippen molar-refractivity contribution < 1.29 is 9.90 Å². The number of benzene rings is 1. The standard InChI is InChI=1S/C18H23NO2/c20-11-13-5-7-15(8-6-13)17(14-3-1-2-4-14)16-9-10-18(21)12-19(16)18/h5-8,11,14,16-17,21H,1-4,9-10,12H2/t16-,17-,18-,19?/m1/s1. The molecule has 4 rings (SSSR count). The Bertz CT molecular complexity index is 535. The fourth-order valence-electron chi connectivity index (χ4n) is 4.72. The maximum Gasteiger partial charge on any atom is 0.150 e. The number of carbonyl (C=O) groups is 1. The van der Waals surface area contributed by atoms with E-state index in [1.165, 1.54) is 31.2 Å². The van der Waals surface area contributed by atoms with E-state index in [1.807, 2.05) is 12.1 Å². The number of aliphatic hydroxyl groups is 1. The molecule has 0 aromatic heterocycles. The van der Waals surface area contributed by atoms with Crippen LogP contribution in [-0.2, 0) is 0 Å². The molecule has 21 heavy (non-hydrogen) atoms. The van der Waals surface area contributed by atoms with Crippen LogP contribution in [0.1, 0.15) is 60.4 Å². The third kappa shape index (κ3) is 2.23. The first-order valence-electron chi connectivity index (χ1n) is 8.25. The van der Waals surface area contributed by atoms with Gasteiger partial charge in [-0.2, -0.15) is 0 Å². The first-order valence-corrected chi connectivity index (χ1v) is 8.25. The Kier molecular flexibility index (Phi) is 3.16. The van der Waals surface area contributed by atoms with Crippen molar-refractivity contribution >= 4 is 6.29 Å². The maximum absolute atomic E-state index is 10.9. The van der Waals surface area contributed by atoms with Crippen LogP contribution in [-0.4, -0.2) is 34.6 Å². The summed E-state index contributed by atoms with van der Waals surface area (Å²) in [5.74, 6) is 1.25. The van der Waals surface area contributed by atoms with Crippen molar-refractivity contribution in [3.05, 3.63) is 35.4 Å². The van der Waals surface area contributed by atoms with Crippen LogP contribution in [0.3, 0.4) is 0 Å². The summed E-state index contributed by atoms with van der Waals surface area (Å²) in [4.78, 5) is 13.2. The molecule has 2 heterocycles. The van der Waals surface area contributed by atoms with Gasteiger partial charge < -0.3 is 5.11 Å². The Morgan fingerprint density at radius 1 is 1.19 bits per heavy atom. The van der Waals surface area contributed by atoms with Crippen molar-refractivity contribution in [2.45, 2.75) is 56.2 Å². The Morgan fingerprint density at radius 2 is 1.90 bits per heavy atom. The topological polar surface area (TPSA) is 40.3 Å². The molecular weight excluding hydrogens is 262 g/mol. The minimum absolute atomic E-state index is 0.482. The average molecular weight is 285 g/mol. The van der Waals surface area contributed by atoms with Crippen molar-refractivity contribution in [1.29, 1.82) is 0 Å². The first-order chi connectivity index (χ1) is 10.2. The van der Waals surface area contributed by atoms with Gasteiger partial charge in [0.05, 0.1) is 0 Å². The molecule has 2 saturated heterocycles. The van der Waals surface area contributed by atoms with E-state index in [1.54, 1.807) is 0 Å². The highest BCUT2D eigenvalue weighted by Crippen LogP contribution is 2.52. The van der Waals surface area contributed by atoms with Crippen LogP contribution in [0, 0.1) is 5.92 Å². The third-order valence-corrected chi connectivity index (χ3v) is 5.88. The van der Waals surface area contributed by atoms with E-state index in [9.17, 15) is 9.90 Å². The average Bonchev–Trinajstić information content (AvgIpc) is 2.88. The van der Waals surface area contributed by atoms with E-state index in [2.05, 4.69) is 17.0 Å². The van der Waals surface area contributed by atoms with Gasteiger partial charge in [-0.15, -0.1) is 0 Å². The smallest absolute Gasteiger partial charge is 0.150 e. The Hall–Kier alpha value is -1.19. The van der Waals surface area contributed by atoms with E-state index in [0.717, 1.165) is 37.2 Å². The second-order valence-corrected chi connectivity index (χ2v) is 7.07. The largest absolute Gasteiger partial charge is 0.374 e. The van der Waals surface area contributed by atoms with Crippen LogP contribution in [0.5, 0.6) is 0 Å². The van der Waals surface area contributed by atoms with Gasteiger partial charge in [0.1, 0.15) is 12.0 Å².